The van der Waals surface area contributed by atoms with Gasteiger partial charge in [-0.1, -0.05) is 25.8 Å². The van der Waals surface area contributed by atoms with Crippen molar-refractivity contribution in [3.63, 3.8) is 0 Å². The van der Waals surface area contributed by atoms with Gasteiger partial charge in [-0.15, -0.1) is 10.1 Å². The summed E-state index contributed by atoms with van der Waals surface area (Å²) in [4.78, 5) is 44.0. The molecule has 0 radical (unpaired) electrons. The summed E-state index contributed by atoms with van der Waals surface area (Å²) in [7, 11) is 3.03. The van der Waals surface area contributed by atoms with Crippen molar-refractivity contribution < 1.29 is 23.7 Å². The fourth-order valence-corrected chi connectivity index (χ4v) is 3.16. The Labute approximate surface area is 157 Å². The predicted molar refractivity (Wildman–Crippen MR) is 97.5 cm³/mol. The van der Waals surface area contributed by atoms with Crippen LogP contribution in [0, 0.1) is 5.41 Å². The number of carbonyl (C=O) groups is 3. The Bertz CT molecular complexity index is 807. The second kappa shape index (κ2) is 6.43. The van der Waals surface area contributed by atoms with Crippen LogP contribution in [0.4, 0.5) is 4.79 Å². The summed E-state index contributed by atoms with van der Waals surface area (Å²) in [5.41, 5.74) is 0.536. The third-order valence-corrected chi connectivity index (χ3v) is 4.75. The minimum Gasteiger partial charge on any atom is -0.464 e. The molecule has 27 heavy (non-hydrogen) atoms. The number of likely N-dealkylation sites (N-methyl/N-ethyl adjacent to an activating group) is 2. The van der Waals surface area contributed by atoms with Gasteiger partial charge in [0, 0.05) is 19.5 Å². The second-order valence-electron chi connectivity index (χ2n) is 7.70. The molecule has 10 heteroatoms. The molecule has 3 rings (SSSR count). The average molecular weight is 377 g/mol. The average Bonchev–Trinajstić information content (AvgIpc) is 2.97. The van der Waals surface area contributed by atoms with Crippen LogP contribution in [0.5, 0.6) is 0 Å². The lowest BCUT2D eigenvalue weighted by molar-refractivity contribution is -0.528. The summed E-state index contributed by atoms with van der Waals surface area (Å²) in [5.74, 6) is -0.0680. The van der Waals surface area contributed by atoms with Gasteiger partial charge in [0.25, 0.3) is 5.91 Å². The zero-order chi connectivity index (χ0) is 20.1. The molecule has 3 aliphatic heterocycles. The van der Waals surface area contributed by atoms with E-state index >= 15 is 0 Å². The SMILES string of the molecule is CCOC(=O)CN1N=C(C(C)(C)C)C[N+]2=C1N=C1C2C(=O)N(C)C(=O)N1C. The number of amidine groups is 1. The zero-order valence-corrected chi connectivity index (χ0v) is 16.5. The lowest BCUT2D eigenvalue weighted by Gasteiger charge is -2.33. The number of ether oxygens (including phenoxy) is 1. The Morgan fingerprint density at radius 2 is 1.93 bits per heavy atom. The Hall–Kier alpha value is -2.78. The lowest BCUT2D eigenvalue weighted by atomic mass is 9.89. The highest BCUT2D eigenvalue weighted by Crippen LogP contribution is 2.26. The number of aliphatic imine (C=N–C) groups is 1. The maximum atomic E-state index is 12.8. The quantitative estimate of drug-likeness (QED) is 0.507. The molecular formula is C17H25N6O4+. The van der Waals surface area contributed by atoms with E-state index in [1.807, 2.05) is 20.8 Å². The summed E-state index contributed by atoms with van der Waals surface area (Å²) in [6.07, 6.45) is 0. The molecule has 3 aliphatic rings. The summed E-state index contributed by atoms with van der Waals surface area (Å²) in [6, 6.07) is -1.16. The topological polar surface area (TPSA) is 97.9 Å². The van der Waals surface area contributed by atoms with Gasteiger partial charge in [-0.3, -0.25) is 14.6 Å². The van der Waals surface area contributed by atoms with E-state index in [0.29, 0.717) is 18.3 Å². The molecule has 0 aromatic rings. The van der Waals surface area contributed by atoms with Crippen LogP contribution < -0.4 is 0 Å². The molecule has 0 aromatic carbocycles. The van der Waals surface area contributed by atoms with Crippen molar-refractivity contribution in [3.8, 4) is 0 Å². The molecule has 1 saturated heterocycles. The summed E-state index contributed by atoms with van der Waals surface area (Å²) in [5, 5.41) is 6.06. The third kappa shape index (κ3) is 3.08. The van der Waals surface area contributed by atoms with E-state index in [2.05, 4.69) is 10.1 Å². The first-order valence-corrected chi connectivity index (χ1v) is 8.84. The molecule has 10 nitrogen and oxygen atoms in total. The number of fused-ring (bicyclic) bond motifs is 2. The van der Waals surface area contributed by atoms with Crippen molar-refractivity contribution >= 4 is 35.4 Å². The second-order valence-corrected chi connectivity index (χ2v) is 7.70. The van der Waals surface area contributed by atoms with Crippen molar-refractivity contribution in [2.24, 2.45) is 15.5 Å². The van der Waals surface area contributed by atoms with Crippen LogP contribution in [-0.4, -0.2) is 94.6 Å². The van der Waals surface area contributed by atoms with E-state index in [0.717, 1.165) is 10.6 Å². The maximum Gasteiger partial charge on any atom is 0.417 e. The highest BCUT2D eigenvalue weighted by atomic mass is 16.5. The van der Waals surface area contributed by atoms with Crippen LogP contribution in [0.2, 0.25) is 0 Å². The van der Waals surface area contributed by atoms with Gasteiger partial charge in [-0.25, -0.2) is 14.2 Å². The Morgan fingerprint density at radius 3 is 2.52 bits per heavy atom. The molecule has 0 saturated carbocycles. The van der Waals surface area contributed by atoms with E-state index in [1.165, 1.54) is 17.0 Å². The van der Waals surface area contributed by atoms with Crippen molar-refractivity contribution in [1.29, 1.82) is 0 Å². The Morgan fingerprint density at radius 1 is 1.26 bits per heavy atom. The predicted octanol–water partition coefficient (Wildman–Crippen LogP) is -0.0598. The van der Waals surface area contributed by atoms with E-state index < -0.39 is 18.0 Å². The normalized spacial score (nSPS) is 22.6. The number of hydrazone groups is 1. The molecule has 146 valence electrons. The van der Waals surface area contributed by atoms with Crippen LogP contribution in [-0.2, 0) is 14.3 Å². The van der Waals surface area contributed by atoms with Crippen LogP contribution >= 0.6 is 0 Å². The number of hydrogen-bond donors (Lipinski definition) is 0. The van der Waals surface area contributed by atoms with Crippen molar-refractivity contribution in [2.45, 2.75) is 33.7 Å². The van der Waals surface area contributed by atoms with Gasteiger partial charge in [0.2, 0.25) is 11.9 Å². The number of urea groups is 1. The molecule has 1 fully saturated rings. The first kappa shape index (κ1) is 19.0. The monoisotopic (exact) mass is 377 g/mol. The van der Waals surface area contributed by atoms with Crippen LogP contribution in [0.25, 0.3) is 0 Å². The summed E-state index contributed by atoms with van der Waals surface area (Å²) >= 11 is 0. The molecule has 0 N–H and O–H groups in total. The number of carbonyl (C=O) groups excluding carboxylic acids is 3. The van der Waals surface area contributed by atoms with Gasteiger partial charge in [0.15, 0.2) is 6.54 Å². The number of imide groups is 1. The van der Waals surface area contributed by atoms with E-state index in [9.17, 15) is 14.4 Å². The largest absolute Gasteiger partial charge is 0.464 e. The molecule has 1 unspecified atom stereocenters. The molecule has 0 spiro atoms. The highest BCUT2D eigenvalue weighted by molar-refractivity contribution is 6.23. The van der Waals surface area contributed by atoms with Crippen molar-refractivity contribution in [2.75, 3.05) is 33.8 Å². The highest BCUT2D eigenvalue weighted by Gasteiger charge is 2.54. The number of rotatable bonds is 3. The molecule has 3 amide bonds. The van der Waals surface area contributed by atoms with Crippen molar-refractivity contribution in [3.05, 3.63) is 0 Å². The van der Waals surface area contributed by atoms with Crippen molar-refractivity contribution in [1.82, 2.24) is 14.8 Å². The Balaban J connectivity index is 2.03. The molecular weight excluding hydrogens is 352 g/mol. The molecule has 0 aliphatic carbocycles. The lowest BCUT2D eigenvalue weighted by Crippen LogP contribution is -2.62. The van der Waals surface area contributed by atoms with Gasteiger partial charge >= 0.3 is 18.0 Å². The number of esters is 1. The Kier molecular flexibility index (Phi) is 4.52. The standard InChI is InChI=1S/C17H25N6O4/c1-7-27-11(24)9-23-15-18-13-12(14(25)21(6)16(26)20(13)5)22(15)8-10(19-23)17(2,3)4/h12H,7-9H2,1-6H3/q+1. The zero-order valence-electron chi connectivity index (χ0n) is 16.5. The first-order chi connectivity index (χ1) is 12.6. The number of hydrogen-bond acceptors (Lipinski definition) is 7. The van der Waals surface area contributed by atoms with Gasteiger partial charge < -0.3 is 4.74 Å². The fraction of sp³-hybridized carbons (Fsp3) is 0.647. The minimum absolute atomic E-state index is 0.121. The van der Waals surface area contributed by atoms with E-state index in [4.69, 9.17) is 4.74 Å². The molecule has 1 atom stereocenters. The van der Waals surface area contributed by atoms with Gasteiger partial charge in [0.1, 0.15) is 6.54 Å². The molecule has 0 aromatic heterocycles. The smallest absolute Gasteiger partial charge is 0.417 e. The van der Waals surface area contributed by atoms with Crippen LogP contribution in [0.15, 0.2) is 10.1 Å². The minimum atomic E-state index is -0.717. The summed E-state index contributed by atoms with van der Waals surface area (Å²) in [6.45, 7) is 8.31. The van der Waals surface area contributed by atoms with E-state index in [1.54, 1.807) is 18.5 Å². The van der Waals surface area contributed by atoms with Crippen LogP contribution in [0.1, 0.15) is 27.7 Å². The van der Waals surface area contributed by atoms with E-state index in [-0.39, 0.29) is 24.5 Å². The summed E-state index contributed by atoms with van der Waals surface area (Å²) < 4.78 is 6.83. The maximum absolute atomic E-state index is 12.8. The first-order valence-electron chi connectivity index (χ1n) is 8.84. The molecule has 0 bridgehead atoms. The van der Waals surface area contributed by atoms with Gasteiger partial charge in [-0.2, -0.15) is 0 Å². The third-order valence-electron chi connectivity index (χ3n) is 4.75. The van der Waals surface area contributed by atoms with Gasteiger partial charge in [-0.05, 0) is 6.92 Å². The number of amides is 3. The fourth-order valence-electron chi connectivity index (χ4n) is 3.16. The number of nitrogens with zero attached hydrogens (tertiary/aromatic N) is 6. The number of guanidine groups is 1. The van der Waals surface area contributed by atoms with Crippen LogP contribution in [0.3, 0.4) is 0 Å². The van der Waals surface area contributed by atoms with Gasteiger partial charge in [0.05, 0.1) is 12.3 Å². The molecule has 3 heterocycles.